The smallest absolute Gasteiger partial charge is 0.305 e. The van der Waals surface area contributed by atoms with Crippen molar-refractivity contribution >= 4 is 75.4 Å². The van der Waals surface area contributed by atoms with Crippen LogP contribution in [0.3, 0.4) is 0 Å². The topological polar surface area (TPSA) is 118 Å². The van der Waals surface area contributed by atoms with Gasteiger partial charge in [-0.2, -0.15) is 0 Å². The predicted octanol–water partition coefficient (Wildman–Crippen LogP) is 6.45. The summed E-state index contributed by atoms with van der Waals surface area (Å²) in [4.78, 5) is 58.7. The molecule has 1 aromatic heterocycles. The van der Waals surface area contributed by atoms with E-state index in [0.717, 1.165) is 33.2 Å². The number of aromatic amines is 1. The van der Waals surface area contributed by atoms with Gasteiger partial charge in [0.1, 0.15) is 11.5 Å². The molecule has 2 saturated carbocycles. The van der Waals surface area contributed by atoms with E-state index in [1.807, 2.05) is 6.07 Å². The number of hydrogen-bond acceptors (Lipinski definition) is 8. The molecule has 4 aromatic rings. The SMILES string of the molecule is COc1ccc(N2C(=O)[C@H]3[C@H]4C[C@@H]([C@@H]3C2=O)[C@@H]2[C@H](c3cc(Cl)ccc3OCC(=O)Nc3ccc(Cl)cc3)c3sc(=O)[nH]c3S[C@H]42)cc1. The molecule has 13 heteroatoms. The lowest BCUT2D eigenvalue weighted by atomic mass is 9.68. The van der Waals surface area contributed by atoms with Gasteiger partial charge in [0, 0.05) is 37.3 Å². The van der Waals surface area contributed by atoms with Crippen LogP contribution in [0.2, 0.25) is 10.0 Å². The Morgan fingerprint density at radius 1 is 0.957 bits per heavy atom. The first-order chi connectivity index (χ1) is 22.7. The number of thioether (sulfide) groups is 1. The predicted molar refractivity (Wildman–Crippen MR) is 181 cm³/mol. The van der Waals surface area contributed by atoms with E-state index < -0.39 is 11.8 Å². The molecule has 47 heavy (non-hydrogen) atoms. The van der Waals surface area contributed by atoms with Crippen molar-refractivity contribution < 1.29 is 23.9 Å². The summed E-state index contributed by atoms with van der Waals surface area (Å²) >= 11 is 15.3. The Labute approximate surface area is 287 Å². The summed E-state index contributed by atoms with van der Waals surface area (Å²) in [7, 11) is 1.57. The summed E-state index contributed by atoms with van der Waals surface area (Å²) in [5.41, 5.74) is 1.87. The first kappa shape index (κ1) is 30.6. The van der Waals surface area contributed by atoms with Gasteiger partial charge in [-0.1, -0.05) is 34.5 Å². The number of benzene rings is 3. The van der Waals surface area contributed by atoms with E-state index in [9.17, 15) is 19.2 Å². The molecule has 3 fully saturated rings. The van der Waals surface area contributed by atoms with Gasteiger partial charge in [0.2, 0.25) is 11.8 Å². The van der Waals surface area contributed by atoms with E-state index in [-0.39, 0.29) is 58.1 Å². The summed E-state index contributed by atoms with van der Waals surface area (Å²) in [6, 6.07) is 19.0. The van der Waals surface area contributed by atoms with Gasteiger partial charge in [0.05, 0.1) is 29.7 Å². The zero-order valence-electron chi connectivity index (χ0n) is 24.8. The van der Waals surface area contributed by atoms with Crippen LogP contribution in [0, 0.1) is 29.6 Å². The van der Waals surface area contributed by atoms with Crippen molar-refractivity contribution in [1.29, 1.82) is 0 Å². The van der Waals surface area contributed by atoms with Crippen molar-refractivity contribution in [3.05, 3.63) is 96.9 Å². The van der Waals surface area contributed by atoms with Crippen molar-refractivity contribution in [2.75, 3.05) is 23.9 Å². The van der Waals surface area contributed by atoms with E-state index in [2.05, 4.69) is 10.3 Å². The highest BCUT2D eigenvalue weighted by molar-refractivity contribution is 8.00. The minimum absolute atomic E-state index is 0.0170. The van der Waals surface area contributed by atoms with Gasteiger partial charge in [-0.05, 0) is 90.9 Å². The second-order valence-corrected chi connectivity index (χ2v) is 15.3. The molecule has 2 N–H and O–H groups in total. The van der Waals surface area contributed by atoms with E-state index in [0.29, 0.717) is 32.9 Å². The fraction of sp³-hybridized carbons (Fsp3) is 0.294. The normalized spacial score (nSPS) is 27.0. The number of anilines is 2. The fourth-order valence-corrected chi connectivity index (χ4v) is 11.3. The molecule has 3 aromatic carbocycles. The maximum atomic E-state index is 14.1. The lowest BCUT2D eigenvalue weighted by Crippen LogP contribution is -2.42. The Bertz CT molecular complexity index is 1980. The standard InChI is InChI=1S/C34H27Cl2N3O6S2/c1-44-19-9-7-18(8-10-19)39-32(41)27-21-13-22(28(27)33(39)42)29-26(21)25(30-31(46-29)38-34(43)47-30)20-12-16(36)4-11-23(20)45-14-24(40)37-17-5-2-15(35)3-6-17/h2-12,21-22,25-29H,13-14H2,1H3,(H,37,40)(H,38,43)/t21-,22-,25+,26-,27+,28+,29-/m1/s1. The molecule has 0 radical (unpaired) electrons. The van der Waals surface area contributed by atoms with Gasteiger partial charge >= 0.3 is 4.87 Å². The molecule has 9 nitrogen and oxygen atoms in total. The van der Waals surface area contributed by atoms with Crippen molar-refractivity contribution in [2.24, 2.45) is 29.6 Å². The largest absolute Gasteiger partial charge is 0.497 e. The van der Waals surface area contributed by atoms with Crippen LogP contribution in [-0.2, 0) is 14.4 Å². The number of methoxy groups -OCH3 is 1. The van der Waals surface area contributed by atoms with Crippen molar-refractivity contribution in [3.8, 4) is 11.5 Å². The third kappa shape index (κ3) is 5.06. The minimum atomic E-state index is -0.468. The number of thiazole rings is 1. The number of carbonyl (C=O) groups excluding carboxylic acids is 3. The van der Waals surface area contributed by atoms with Crippen LogP contribution in [0.25, 0.3) is 0 Å². The van der Waals surface area contributed by atoms with Gasteiger partial charge in [0.15, 0.2) is 6.61 Å². The summed E-state index contributed by atoms with van der Waals surface area (Å²) in [6.45, 7) is -0.260. The zero-order valence-corrected chi connectivity index (χ0v) is 27.9. The third-order valence-electron chi connectivity index (χ3n) is 9.85. The van der Waals surface area contributed by atoms with E-state index in [1.54, 1.807) is 79.5 Å². The summed E-state index contributed by atoms with van der Waals surface area (Å²) in [5.74, 6) is -1.04. The summed E-state index contributed by atoms with van der Waals surface area (Å²) in [6.07, 6.45) is 0.738. The number of rotatable bonds is 7. The van der Waals surface area contributed by atoms with Crippen LogP contribution in [0.1, 0.15) is 22.8 Å². The maximum absolute atomic E-state index is 14.1. The number of carbonyl (C=O) groups is 3. The van der Waals surface area contributed by atoms with Gasteiger partial charge in [-0.15, -0.1) is 11.8 Å². The monoisotopic (exact) mass is 707 g/mol. The van der Waals surface area contributed by atoms with Crippen LogP contribution >= 0.6 is 46.3 Å². The van der Waals surface area contributed by atoms with Crippen LogP contribution < -0.4 is 24.6 Å². The molecule has 2 bridgehead atoms. The van der Waals surface area contributed by atoms with Crippen LogP contribution in [0.15, 0.2) is 76.6 Å². The molecule has 7 atom stereocenters. The van der Waals surface area contributed by atoms with Gasteiger partial charge in [-0.25, -0.2) is 0 Å². The lowest BCUT2D eigenvalue weighted by Gasteiger charge is -2.43. The molecule has 1 saturated heterocycles. The molecule has 0 spiro atoms. The number of H-pyrrole nitrogens is 1. The summed E-state index contributed by atoms with van der Waals surface area (Å²) < 4.78 is 11.4. The number of nitrogens with zero attached hydrogens (tertiary/aromatic N) is 1. The Kier molecular flexibility index (Phi) is 7.63. The highest BCUT2D eigenvalue weighted by Gasteiger charge is 2.69. The average Bonchev–Trinajstić information content (AvgIpc) is 3.80. The van der Waals surface area contributed by atoms with Crippen molar-refractivity contribution in [3.63, 3.8) is 0 Å². The molecule has 8 rings (SSSR count). The van der Waals surface area contributed by atoms with Gasteiger partial charge < -0.3 is 19.8 Å². The molecule has 3 heterocycles. The molecule has 2 aliphatic heterocycles. The Morgan fingerprint density at radius 2 is 1.66 bits per heavy atom. The second kappa shape index (κ2) is 11.7. The van der Waals surface area contributed by atoms with Crippen LogP contribution in [0.4, 0.5) is 11.4 Å². The molecule has 0 unspecified atom stereocenters. The molecule has 2 aliphatic carbocycles. The lowest BCUT2D eigenvalue weighted by molar-refractivity contribution is -0.123. The van der Waals surface area contributed by atoms with Gasteiger partial charge in [-0.3, -0.25) is 24.1 Å². The molecule has 240 valence electrons. The highest BCUT2D eigenvalue weighted by atomic mass is 35.5. The van der Waals surface area contributed by atoms with Crippen molar-refractivity contribution in [2.45, 2.75) is 22.6 Å². The molecular formula is C34H27Cl2N3O6S2. The van der Waals surface area contributed by atoms with E-state index in [4.69, 9.17) is 32.7 Å². The number of hydrogen-bond donors (Lipinski definition) is 2. The number of aromatic nitrogens is 1. The molecule has 4 aliphatic rings. The van der Waals surface area contributed by atoms with Gasteiger partial charge in [0.25, 0.3) is 5.91 Å². The number of fused-ring (bicyclic) bond motifs is 9. The van der Waals surface area contributed by atoms with E-state index in [1.165, 1.54) is 4.90 Å². The highest BCUT2D eigenvalue weighted by Crippen LogP contribution is 2.69. The van der Waals surface area contributed by atoms with E-state index >= 15 is 0 Å². The number of ether oxygens (including phenoxy) is 2. The second-order valence-electron chi connectivity index (χ2n) is 12.2. The number of amides is 3. The first-order valence-electron chi connectivity index (χ1n) is 15.1. The Balaban J connectivity index is 1.13. The first-order valence-corrected chi connectivity index (χ1v) is 17.6. The number of nitrogens with one attached hydrogen (secondary N) is 2. The Hall–Kier alpha value is -3.77. The van der Waals surface area contributed by atoms with Crippen molar-refractivity contribution in [1.82, 2.24) is 4.98 Å². The maximum Gasteiger partial charge on any atom is 0.305 e. The molecular weight excluding hydrogens is 681 g/mol. The Morgan fingerprint density at radius 3 is 2.38 bits per heavy atom. The third-order valence-corrected chi connectivity index (χ3v) is 12.9. The molecule has 3 amide bonds. The van der Waals surface area contributed by atoms with Crippen LogP contribution in [-0.4, -0.2) is 41.7 Å². The minimum Gasteiger partial charge on any atom is -0.497 e. The number of halogens is 2. The summed E-state index contributed by atoms with van der Waals surface area (Å²) in [5, 5.41) is 4.60. The fourth-order valence-electron chi connectivity index (χ4n) is 8.12. The average molecular weight is 709 g/mol. The quantitative estimate of drug-likeness (QED) is 0.212. The van der Waals surface area contributed by atoms with Crippen LogP contribution in [0.5, 0.6) is 11.5 Å². The zero-order chi connectivity index (χ0) is 32.6. The number of imide groups is 1.